The maximum Gasteiger partial charge on any atom is 0.240 e. The van der Waals surface area contributed by atoms with Crippen molar-refractivity contribution < 1.29 is 23.0 Å². The quantitative estimate of drug-likeness (QED) is 0.697. The van der Waals surface area contributed by atoms with E-state index in [1.807, 2.05) is 42.1 Å². The topological polar surface area (TPSA) is 89.8 Å². The van der Waals surface area contributed by atoms with Crippen molar-refractivity contribution in [2.24, 2.45) is 7.05 Å². The predicted molar refractivity (Wildman–Crippen MR) is 100 cm³/mol. The van der Waals surface area contributed by atoms with Crippen molar-refractivity contribution in [3.8, 4) is 11.5 Å². The number of aromatic nitrogens is 1. The zero-order valence-electron chi connectivity index (χ0n) is 14.8. The molecule has 0 radical (unpaired) electrons. The minimum atomic E-state index is -3.80. The van der Waals surface area contributed by atoms with Gasteiger partial charge >= 0.3 is 0 Å². The first-order valence-electron chi connectivity index (χ1n) is 8.57. The average molecular weight is 388 g/mol. The van der Waals surface area contributed by atoms with Crippen LogP contribution in [0, 0.1) is 0 Å². The van der Waals surface area contributed by atoms with Crippen LogP contribution >= 0.6 is 0 Å². The summed E-state index contributed by atoms with van der Waals surface area (Å²) >= 11 is 0. The maximum atomic E-state index is 12.6. The molecule has 0 saturated carbocycles. The van der Waals surface area contributed by atoms with Gasteiger partial charge in [0.2, 0.25) is 10.0 Å². The second kappa shape index (κ2) is 6.88. The number of fused-ring (bicyclic) bond motifs is 2. The zero-order valence-corrected chi connectivity index (χ0v) is 15.6. The molecule has 0 amide bonds. The second-order valence-corrected chi connectivity index (χ2v) is 8.15. The highest BCUT2D eigenvalue weighted by molar-refractivity contribution is 7.89. The Balaban J connectivity index is 1.53. The smallest absolute Gasteiger partial charge is 0.240 e. The van der Waals surface area contributed by atoms with Crippen LogP contribution in [-0.2, 0) is 17.1 Å². The average Bonchev–Trinajstić information content (AvgIpc) is 3.03. The summed E-state index contributed by atoms with van der Waals surface area (Å²) in [5, 5.41) is 11.4. The van der Waals surface area contributed by atoms with Crippen LogP contribution in [0.2, 0.25) is 0 Å². The molecule has 1 aromatic heterocycles. The van der Waals surface area contributed by atoms with Crippen LogP contribution in [0.15, 0.2) is 53.6 Å². The Kier molecular flexibility index (Phi) is 4.55. The molecule has 1 aliphatic heterocycles. The summed E-state index contributed by atoms with van der Waals surface area (Å²) in [6, 6.07) is 12.1. The van der Waals surface area contributed by atoms with Crippen molar-refractivity contribution in [1.82, 2.24) is 9.29 Å². The number of aliphatic hydroxyl groups is 1. The lowest BCUT2D eigenvalue weighted by atomic mass is 10.1. The van der Waals surface area contributed by atoms with Gasteiger partial charge < -0.3 is 19.1 Å². The molecular weight excluding hydrogens is 368 g/mol. The minimum Gasteiger partial charge on any atom is -0.486 e. The summed E-state index contributed by atoms with van der Waals surface area (Å²) in [4.78, 5) is 0.0665. The molecule has 7 nitrogen and oxygen atoms in total. The van der Waals surface area contributed by atoms with E-state index in [4.69, 9.17) is 9.47 Å². The van der Waals surface area contributed by atoms with Crippen molar-refractivity contribution in [3.05, 3.63) is 54.2 Å². The lowest BCUT2D eigenvalue weighted by molar-refractivity contribution is 0.171. The number of nitrogens with one attached hydrogen (secondary N) is 1. The van der Waals surface area contributed by atoms with E-state index in [2.05, 4.69) is 4.72 Å². The molecule has 0 spiro atoms. The number of benzene rings is 2. The summed E-state index contributed by atoms with van der Waals surface area (Å²) in [6.45, 7) is 0.684. The van der Waals surface area contributed by atoms with E-state index in [9.17, 15) is 13.5 Å². The molecule has 0 bridgehead atoms. The van der Waals surface area contributed by atoms with Crippen molar-refractivity contribution in [2.75, 3.05) is 19.8 Å². The third kappa shape index (κ3) is 3.39. The monoisotopic (exact) mass is 388 g/mol. The first kappa shape index (κ1) is 17.8. The molecule has 3 aromatic rings. The lowest BCUT2D eigenvalue weighted by Crippen LogP contribution is -2.28. The molecule has 0 fully saturated rings. The first-order chi connectivity index (χ1) is 13.0. The van der Waals surface area contributed by atoms with Gasteiger partial charge in [0.15, 0.2) is 11.5 Å². The van der Waals surface area contributed by atoms with Gasteiger partial charge in [-0.05, 0) is 18.2 Å². The summed E-state index contributed by atoms with van der Waals surface area (Å²) in [5.74, 6) is 0.926. The molecule has 0 saturated heterocycles. The standard InChI is InChI=1S/C19H20N2O5S/c1-21-12-15(14-4-2-3-5-16(14)21)17(22)11-20-27(23,24)13-6-7-18-19(10-13)26-9-8-25-18/h2-7,10,12,17,20,22H,8-9,11H2,1H3/t17-/m0/s1. The minimum absolute atomic E-state index is 0.0665. The first-order valence-corrected chi connectivity index (χ1v) is 10.1. The van der Waals surface area contributed by atoms with Crippen LogP contribution in [0.1, 0.15) is 11.7 Å². The molecule has 27 heavy (non-hydrogen) atoms. The van der Waals surface area contributed by atoms with Crippen LogP contribution in [0.5, 0.6) is 11.5 Å². The largest absolute Gasteiger partial charge is 0.486 e. The van der Waals surface area contributed by atoms with Gasteiger partial charge in [-0.2, -0.15) is 0 Å². The van der Waals surface area contributed by atoms with Gasteiger partial charge in [-0.1, -0.05) is 18.2 Å². The summed E-state index contributed by atoms with van der Waals surface area (Å²) in [5.41, 5.74) is 1.65. The molecule has 2 heterocycles. The van der Waals surface area contributed by atoms with Gasteiger partial charge in [-0.25, -0.2) is 13.1 Å². The van der Waals surface area contributed by atoms with Gasteiger partial charge in [0.05, 0.1) is 11.0 Å². The van der Waals surface area contributed by atoms with Crippen molar-refractivity contribution in [1.29, 1.82) is 0 Å². The van der Waals surface area contributed by atoms with Gasteiger partial charge in [-0.15, -0.1) is 0 Å². The normalized spacial score (nSPS) is 15.0. The fourth-order valence-electron chi connectivity index (χ4n) is 3.21. The maximum absolute atomic E-state index is 12.6. The Hall–Kier alpha value is -2.55. The third-order valence-corrected chi connectivity index (χ3v) is 6.00. The molecule has 1 aliphatic rings. The number of hydrogen-bond donors (Lipinski definition) is 2. The number of para-hydroxylation sites is 1. The van der Waals surface area contributed by atoms with Gasteiger partial charge in [-0.3, -0.25) is 0 Å². The number of aliphatic hydroxyl groups excluding tert-OH is 1. The number of rotatable bonds is 5. The Morgan fingerprint density at radius 2 is 1.89 bits per heavy atom. The molecule has 142 valence electrons. The van der Waals surface area contributed by atoms with E-state index < -0.39 is 16.1 Å². The SMILES string of the molecule is Cn1cc([C@@H](O)CNS(=O)(=O)c2ccc3c(c2)OCCO3)c2ccccc21. The summed E-state index contributed by atoms with van der Waals surface area (Å²) in [7, 11) is -1.91. The van der Waals surface area contributed by atoms with E-state index >= 15 is 0 Å². The molecule has 4 rings (SSSR count). The number of hydrogen-bond acceptors (Lipinski definition) is 5. The highest BCUT2D eigenvalue weighted by Crippen LogP contribution is 2.32. The highest BCUT2D eigenvalue weighted by Gasteiger charge is 2.22. The van der Waals surface area contributed by atoms with Crippen LogP contribution in [0.3, 0.4) is 0 Å². The zero-order chi connectivity index (χ0) is 19.0. The molecule has 0 aliphatic carbocycles. The van der Waals surface area contributed by atoms with Crippen LogP contribution in [0.4, 0.5) is 0 Å². The predicted octanol–water partition coefficient (Wildman–Crippen LogP) is 1.96. The molecule has 0 unspecified atom stereocenters. The Bertz CT molecular complexity index is 1090. The van der Waals surface area contributed by atoms with Crippen LogP contribution in [0.25, 0.3) is 10.9 Å². The Labute approximate surface area is 157 Å². The van der Waals surface area contributed by atoms with Gasteiger partial charge in [0.25, 0.3) is 0 Å². The van der Waals surface area contributed by atoms with Crippen LogP contribution in [-0.4, -0.2) is 37.8 Å². The van der Waals surface area contributed by atoms with Gasteiger partial charge in [0, 0.05) is 42.3 Å². The fourth-order valence-corrected chi connectivity index (χ4v) is 4.26. The van der Waals surface area contributed by atoms with Crippen molar-refractivity contribution in [2.45, 2.75) is 11.0 Å². The second-order valence-electron chi connectivity index (χ2n) is 6.39. The Morgan fingerprint density at radius 3 is 2.70 bits per heavy atom. The van der Waals surface area contributed by atoms with E-state index in [0.717, 1.165) is 10.9 Å². The third-order valence-electron chi connectivity index (χ3n) is 4.58. The summed E-state index contributed by atoms with van der Waals surface area (Å²) in [6.07, 6.45) is 0.844. The number of ether oxygens (including phenoxy) is 2. The van der Waals surface area contributed by atoms with E-state index in [1.54, 1.807) is 6.07 Å². The van der Waals surface area contributed by atoms with E-state index in [1.165, 1.54) is 12.1 Å². The number of sulfonamides is 1. The number of nitrogens with zero attached hydrogens (tertiary/aromatic N) is 1. The van der Waals surface area contributed by atoms with Crippen molar-refractivity contribution in [3.63, 3.8) is 0 Å². The van der Waals surface area contributed by atoms with E-state index in [0.29, 0.717) is 30.3 Å². The molecular formula is C19H20N2O5S. The van der Waals surface area contributed by atoms with Gasteiger partial charge in [0.1, 0.15) is 13.2 Å². The Morgan fingerprint density at radius 1 is 1.15 bits per heavy atom. The van der Waals surface area contributed by atoms with Crippen molar-refractivity contribution >= 4 is 20.9 Å². The van der Waals surface area contributed by atoms with E-state index in [-0.39, 0.29) is 11.4 Å². The molecule has 2 aromatic carbocycles. The lowest BCUT2D eigenvalue weighted by Gasteiger charge is -2.19. The number of aryl methyl sites for hydroxylation is 1. The highest BCUT2D eigenvalue weighted by atomic mass is 32.2. The van der Waals surface area contributed by atoms with Crippen LogP contribution < -0.4 is 14.2 Å². The fraction of sp³-hybridized carbons (Fsp3) is 0.263. The molecule has 8 heteroatoms. The molecule has 2 N–H and O–H groups in total. The summed E-state index contributed by atoms with van der Waals surface area (Å²) < 4.78 is 40.4. The molecule has 1 atom stereocenters.